The Hall–Kier alpha value is -2.34. The predicted molar refractivity (Wildman–Crippen MR) is 104 cm³/mol. The fourth-order valence-corrected chi connectivity index (χ4v) is 4.12. The van der Waals surface area contributed by atoms with Gasteiger partial charge in [0, 0.05) is 5.41 Å². The molecule has 0 spiro atoms. The first kappa shape index (κ1) is 15.2. The molecule has 0 aromatic heterocycles. The molecule has 0 saturated carbocycles. The lowest BCUT2D eigenvalue weighted by molar-refractivity contribution is 0.659. The Morgan fingerprint density at radius 2 is 1.46 bits per heavy atom. The molecule has 0 N–H and O–H groups in total. The van der Waals surface area contributed by atoms with Gasteiger partial charge in [-0.15, -0.1) is 0 Å². The molecule has 0 saturated heterocycles. The molecule has 24 heavy (non-hydrogen) atoms. The molecule has 3 aromatic carbocycles. The van der Waals surface area contributed by atoms with Crippen molar-refractivity contribution in [3.8, 4) is 22.3 Å². The van der Waals surface area contributed by atoms with Crippen LogP contribution in [0.3, 0.4) is 0 Å². The summed E-state index contributed by atoms with van der Waals surface area (Å²) in [6, 6.07) is 24.5. The lowest BCUT2D eigenvalue weighted by atomic mass is 9.81. The molecule has 4 rings (SSSR count). The highest BCUT2D eigenvalue weighted by Gasteiger charge is 2.36. The standard InChI is InChI=1S/C24H24/c1-16(2)19-11-8-12-22-23(19)20-15-18(17-9-6-5-7-10-17)13-14-21(20)24(22,3)4/h5-16H,1-4H3. The third-order valence-electron chi connectivity index (χ3n) is 5.46. The van der Waals surface area contributed by atoms with Crippen LogP contribution in [0.2, 0.25) is 0 Å². The third kappa shape index (κ3) is 2.13. The SMILES string of the molecule is CC(C)c1cccc2c1-c1cc(-c3ccccc3)ccc1C2(C)C. The van der Waals surface area contributed by atoms with E-state index in [0.29, 0.717) is 5.92 Å². The van der Waals surface area contributed by atoms with E-state index in [9.17, 15) is 0 Å². The second-order valence-corrected chi connectivity index (χ2v) is 7.68. The first-order chi connectivity index (χ1) is 11.5. The van der Waals surface area contributed by atoms with Crippen molar-refractivity contribution < 1.29 is 0 Å². The maximum absolute atomic E-state index is 2.39. The highest BCUT2D eigenvalue weighted by Crippen LogP contribution is 2.51. The molecule has 0 radical (unpaired) electrons. The molecule has 0 heteroatoms. The van der Waals surface area contributed by atoms with Crippen molar-refractivity contribution in [3.05, 3.63) is 83.4 Å². The van der Waals surface area contributed by atoms with Gasteiger partial charge in [0.1, 0.15) is 0 Å². The van der Waals surface area contributed by atoms with E-state index in [1.807, 2.05) is 0 Å². The van der Waals surface area contributed by atoms with Gasteiger partial charge in [-0.05, 0) is 50.9 Å². The van der Waals surface area contributed by atoms with Crippen LogP contribution in [0.25, 0.3) is 22.3 Å². The van der Waals surface area contributed by atoms with Crippen LogP contribution in [0.5, 0.6) is 0 Å². The summed E-state index contributed by atoms with van der Waals surface area (Å²) in [4.78, 5) is 0. The zero-order valence-corrected chi connectivity index (χ0v) is 14.9. The summed E-state index contributed by atoms with van der Waals surface area (Å²) in [6.45, 7) is 9.29. The van der Waals surface area contributed by atoms with Crippen molar-refractivity contribution in [1.82, 2.24) is 0 Å². The fourth-order valence-electron chi connectivity index (χ4n) is 4.12. The average Bonchev–Trinajstić information content (AvgIpc) is 2.83. The van der Waals surface area contributed by atoms with Crippen molar-refractivity contribution in [2.45, 2.75) is 39.0 Å². The highest BCUT2D eigenvalue weighted by molar-refractivity contribution is 5.86. The van der Waals surface area contributed by atoms with Crippen LogP contribution in [0.1, 0.15) is 50.3 Å². The molecule has 0 nitrogen and oxygen atoms in total. The normalized spacial score (nSPS) is 14.5. The van der Waals surface area contributed by atoms with Crippen LogP contribution in [-0.2, 0) is 5.41 Å². The van der Waals surface area contributed by atoms with Gasteiger partial charge in [0.05, 0.1) is 0 Å². The van der Waals surface area contributed by atoms with Crippen LogP contribution < -0.4 is 0 Å². The summed E-state index contributed by atoms with van der Waals surface area (Å²) in [5, 5.41) is 0. The van der Waals surface area contributed by atoms with Crippen molar-refractivity contribution in [2.75, 3.05) is 0 Å². The number of hydrogen-bond donors (Lipinski definition) is 0. The largest absolute Gasteiger partial charge is 0.0622 e. The van der Waals surface area contributed by atoms with Gasteiger partial charge in [0.2, 0.25) is 0 Å². The smallest absolute Gasteiger partial charge is 0.0158 e. The molecular formula is C24H24. The minimum absolute atomic E-state index is 0.0742. The van der Waals surface area contributed by atoms with E-state index in [4.69, 9.17) is 0 Å². The molecule has 0 bridgehead atoms. The lowest BCUT2D eigenvalue weighted by Gasteiger charge is -2.22. The molecule has 1 aliphatic rings. The van der Waals surface area contributed by atoms with Crippen LogP contribution >= 0.6 is 0 Å². The predicted octanol–water partition coefficient (Wildman–Crippen LogP) is 6.78. The Morgan fingerprint density at radius 1 is 0.708 bits per heavy atom. The Kier molecular flexibility index (Phi) is 3.38. The molecule has 0 aliphatic heterocycles. The Balaban J connectivity index is 2.00. The molecule has 120 valence electrons. The van der Waals surface area contributed by atoms with E-state index in [1.54, 1.807) is 0 Å². The van der Waals surface area contributed by atoms with Crippen LogP contribution in [-0.4, -0.2) is 0 Å². The van der Waals surface area contributed by atoms with Crippen molar-refractivity contribution in [3.63, 3.8) is 0 Å². The second kappa shape index (κ2) is 5.34. The van der Waals surface area contributed by atoms with Gasteiger partial charge in [0.25, 0.3) is 0 Å². The molecule has 1 aliphatic carbocycles. The van der Waals surface area contributed by atoms with E-state index in [0.717, 1.165) is 0 Å². The Bertz CT molecular complexity index is 899. The second-order valence-electron chi connectivity index (χ2n) is 7.68. The van der Waals surface area contributed by atoms with Crippen LogP contribution in [0.4, 0.5) is 0 Å². The quantitative estimate of drug-likeness (QED) is 0.489. The monoisotopic (exact) mass is 312 g/mol. The number of rotatable bonds is 2. The van der Waals surface area contributed by atoms with Crippen LogP contribution in [0.15, 0.2) is 66.7 Å². The van der Waals surface area contributed by atoms with Crippen LogP contribution in [0, 0.1) is 0 Å². The first-order valence-corrected chi connectivity index (χ1v) is 8.84. The minimum Gasteiger partial charge on any atom is -0.0622 e. The van der Waals surface area contributed by atoms with Gasteiger partial charge in [-0.25, -0.2) is 0 Å². The van der Waals surface area contributed by atoms with Crippen molar-refractivity contribution >= 4 is 0 Å². The molecule has 0 atom stereocenters. The summed E-state index contributed by atoms with van der Waals surface area (Å²) < 4.78 is 0. The van der Waals surface area contributed by atoms with Crippen molar-refractivity contribution in [1.29, 1.82) is 0 Å². The molecule has 0 fully saturated rings. The van der Waals surface area contributed by atoms with Gasteiger partial charge in [0.15, 0.2) is 0 Å². The maximum atomic E-state index is 2.39. The number of hydrogen-bond acceptors (Lipinski definition) is 0. The van der Waals surface area contributed by atoms with Gasteiger partial charge in [-0.1, -0.05) is 88.4 Å². The third-order valence-corrected chi connectivity index (χ3v) is 5.46. The van der Waals surface area contributed by atoms with E-state index in [2.05, 4.69) is 94.4 Å². The summed E-state index contributed by atoms with van der Waals surface area (Å²) in [7, 11) is 0. The number of benzene rings is 3. The molecule has 3 aromatic rings. The summed E-state index contributed by atoms with van der Waals surface area (Å²) in [6.07, 6.45) is 0. The zero-order valence-electron chi connectivity index (χ0n) is 14.9. The fraction of sp³-hybridized carbons (Fsp3) is 0.250. The van der Waals surface area contributed by atoms with E-state index in [1.165, 1.54) is 38.9 Å². The summed E-state index contributed by atoms with van der Waals surface area (Å²) in [5.41, 5.74) is 9.92. The summed E-state index contributed by atoms with van der Waals surface area (Å²) in [5.74, 6) is 0.530. The topological polar surface area (TPSA) is 0 Å². The minimum atomic E-state index is 0.0742. The van der Waals surface area contributed by atoms with E-state index >= 15 is 0 Å². The lowest BCUT2D eigenvalue weighted by Crippen LogP contribution is -2.15. The Morgan fingerprint density at radius 3 is 2.17 bits per heavy atom. The van der Waals surface area contributed by atoms with Gasteiger partial charge >= 0.3 is 0 Å². The average molecular weight is 312 g/mol. The van der Waals surface area contributed by atoms with Crippen molar-refractivity contribution in [2.24, 2.45) is 0 Å². The molecule has 0 heterocycles. The number of fused-ring (bicyclic) bond motifs is 3. The first-order valence-electron chi connectivity index (χ1n) is 8.84. The van der Waals surface area contributed by atoms with E-state index in [-0.39, 0.29) is 5.41 Å². The van der Waals surface area contributed by atoms with E-state index < -0.39 is 0 Å². The van der Waals surface area contributed by atoms with Gasteiger partial charge < -0.3 is 0 Å². The zero-order chi connectivity index (χ0) is 16.9. The Labute approximate surface area is 145 Å². The van der Waals surface area contributed by atoms with Gasteiger partial charge in [-0.2, -0.15) is 0 Å². The molecule has 0 unspecified atom stereocenters. The van der Waals surface area contributed by atoms with Gasteiger partial charge in [-0.3, -0.25) is 0 Å². The maximum Gasteiger partial charge on any atom is 0.0158 e. The molecular weight excluding hydrogens is 288 g/mol. The molecule has 0 amide bonds. The summed E-state index contributed by atoms with van der Waals surface area (Å²) >= 11 is 0. The highest BCUT2D eigenvalue weighted by atomic mass is 14.4.